The van der Waals surface area contributed by atoms with Gasteiger partial charge in [-0.3, -0.25) is 14.9 Å². The number of nitrogens with one attached hydrogen (secondary N) is 1. The van der Waals surface area contributed by atoms with E-state index in [2.05, 4.69) is 27.6 Å². The third-order valence-corrected chi connectivity index (χ3v) is 7.29. The van der Waals surface area contributed by atoms with E-state index in [-0.39, 0.29) is 11.8 Å². The smallest absolute Gasteiger partial charge is 0.264 e. The zero-order valence-electron chi connectivity index (χ0n) is 14.9. The summed E-state index contributed by atoms with van der Waals surface area (Å²) >= 11 is 4.34. The lowest BCUT2D eigenvalue weighted by Gasteiger charge is -2.22. The Balaban J connectivity index is 1.35. The first-order valence-electron chi connectivity index (χ1n) is 8.86. The van der Waals surface area contributed by atoms with Gasteiger partial charge in [-0.05, 0) is 29.9 Å². The van der Waals surface area contributed by atoms with Gasteiger partial charge in [0.25, 0.3) is 5.91 Å². The van der Waals surface area contributed by atoms with Crippen LogP contribution in [0, 0.1) is 0 Å². The Hall–Kier alpha value is -2.23. The quantitative estimate of drug-likeness (QED) is 0.470. The van der Waals surface area contributed by atoms with Crippen LogP contribution in [0.25, 0.3) is 0 Å². The lowest BCUT2D eigenvalue weighted by atomic mass is 10.2. The standard InChI is InChI=1S/C19H18N4O2S3/c24-16(14-8-4-10-23(14)17(25)15-9-5-11-26-15)20-18-21-22-19(28-18)27-12-13-6-2-1-3-7-13/h1-3,5-7,9,11,14H,4,8,10,12H2,(H,20,21,24)/t14-/m0/s1. The first kappa shape index (κ1) is 19.1. The van der Waals surface area contributed by atoms with Crippen LogP contribution in [-0.4, -0.2) is 39.5 Å². The number of rotatable bonds is 6. The monoisotopic (exact) mass is 430 g/mol. The van der Waals surface area contributed by atoms with Crippen LogP contribution < -0.4 is 5.32 Å². The fourth-order valence-electron chi connectivity index (χ4n) is 3.05. The number of amides is 2. The topological polar surface area (TPSA) is 75.2 Å². The fourth-order valence-corrected chi connectivity index (χ4v) is 5.44. The summed E-state index contributed by atoms with van der Waals surface area (Å²) in [6, 6.07) is 13.3. The second kappa shape index (κ2) is 8.85. The Morgan fingerprint density at radius 3 is 2.82 bits per heavy atom. The lowest BCUT2D eigenvalue weighted by molar-refractivity contribution is -0.119. The van der Waals surface area contributed by atoms with Crippen LogP contribution in [0.1, 0.15) is 28.1 Å². The highest BCUT2D eigenvalue weighted by atomic mass is 32.2. The average molecular weight is 431 g/mol. The van der Waals surface area contributed by atoms with E-state index in [9.17, 15) is 9.59 Å². The molecule has 1 saturated heterocycles. The minimum atomic E-state index is -0.459. The van der Waals surface area contributed by atoms with Crippen LogP contribution in [0.5, 0.6) is 0 Å². The Bertz CT molecular complexity index is 943. The van der Waals surface area contributed by atoms with Gasteiger partial charge in [-0.15, -0.1) is 21.5 Å². The van der Waals surface area contributed by atoms with E-state index in [4.69, 9.17) is 0 Å². The summed E-state index contributed by atoms with van der Waals surface area (Å²) in [4.78, 5) is 27.7. The zero-order valence-corrected chi connectivity index (χ0v) is 17.4. The van der Waals surface area contributed by atoms with Gasteiger partial charge in [0.1, 0.15) is 6.04 Å². The fraction of sp³-hybridized carbons (Fsp3) is 0.263. The van der Waals surface area contributed by atoms with Crippen molar-refractivity contribution in [2.24, 2.45) is 0 Å². The van der Waals surface area contributed by atoms with Crippen LogP contribution in [-0.2, 0) is 10.5 Å². The molecule has 144 valence electrons. The molecule has 28 heavy (non-hydrogen) atoms. The van der Waals surface area contributed by atoms with E-state index in [1.807, 2.05) is 29.6 Å². The molecule has 0 saturated carbocycles. The summed E-state index contributed by atoms with van der Waals surface area (Å²) < 4.78 is 0.803. The Labute approximate surface area is 175 Å². The molecule has 1 fully saturated rings. The molecule has 6 nitrogen and oxygen atoms in total. The summed E-state index contributed by atoms with van der Waals surface area (Å²) in [5.41, 5.74) is 1.21. The third kappa shape index (κ3) is 4.43. The number of thioether (sulfide) groups is 1. The van der Waals surface area contributed by atoms with Crippen LogP contribution in [0.15, 0.2) is 52.2 Å². The van der Waals surface area contributed by atoms with Crippen LogP contribution in [0.2, 0.25) is 0 Å². The molecule has 0 aliphatic carbocycles. The Morgan fingerprint density at radius 1 is 1.18 bits per heavy atom. The number of likely N-dealkylation sites (tertiary alicyclic amines) is 1. The average Bonchev–Trinajstić information content (AvgIpc) is 3.48. The predicted octanol–water partition coefficient (Wildman–Crippen LogP) is 4.14. The molecule has 4 rings (SSSR count). The molecular weight excluding hydrogens is 412 g/mol. The van der Waals surface area contributed by atoms with Gasteiger partial charge in [0.2, 0.25) is 11.0 Å². The van der Waals surface area contributed by atoms with E-state index in [1.165, 1.54) is 28.2 Å². The van der Waals surface area contributed by atoms with Crippen molar-refractivity contribution in [2.45, 2.75) is 29.0 Å². The van der Waals surface area contributed by atoms with Gasteiger partial charge in [0.15, 0.2) is 4.34 Å². The molecule has 0 radical (unpaired) electrons. The number of anilines is 1. The molecule has 1 aromatic carbocycles. The van der Waals surface area contributed by atoms with Crippen molar-refractivity contribution in [3.05, 3.63) is 58.3 Å². The maximum Gasteiger partial charge on any atom is 0.264 e. The normalized spacial score (nSPS) is 16.3. The van der Waals surface area contributed by atoms with E-state index in [1.54, 1.807) is 22.7 Å². The molecule has 2 aromatic heterocycles. The summed E-state index contributed by atoms with van der Waals surface area (Å²) in [6.07, 6.45) is 1.49. The van der Waals surface area contributed by atoms with Crippen LogP contribution in [0.3, 0.4) is 0 Å². The largest absolute Gasteiger partial charge is 0.326 e. The van der Waals surface area contributed by atoms with Crippen LogP contribution in [0.4, 0.5) is 5.13 Å². The molecule has 3 aromatic rings. The van der Waals surface area contributed by atoms with E-state index < -0.39 is 6.04 Å². The molecular formula is C19H18N4O2S3. The maximum atomic E-state index is 12.7. The molecule has 1 atom stereocenters. The van der Waals surface area contributed by atoms with Crippen molar-refractivity contribution in [2.75, 3.05) is 11.9 Å². The first-order valence-corrected chi connectivity index (χ1v) is 11.5. The number of hydrogen-bond donors (Lipinski definition) is 1. The molecule has 0 bridgehead atoms. The number of carbonyl (C=O) groups is 2. The van der Waals surface area contributed by atoms with Crippen molar-refractivity contribution < 1.29 is 9.59 Å². The predicted molar refractivity (Wildman–Crippen MR) is 113 cm³/mol. The highest BCUT2D eigenvalue weighted by molar-refractivity contribution is 8.00. The molecule has 9 heteroatoms. The zero-order chi connectivity index (χ0) is 19.3. The summed E-state index contributed by atoms with van der Waals surface area (Å²) in [5, 5.41) is 13.4. The minimum Gasteiger partial charge on any atom is -0.326 e. The van der Waals surface area contributed by atoms with Crippen molar-refractivity contribution in [1.29, 1.82) is 0 Å². The molecule has 1 aliphatic heterocycles. The summed E-state index contributed by atoms with van der Waals surface area (Å²) in [6.45, 7) is 0.600. The van der Waals surface area contributed by atoms with Gasteiger partial charge >= 0.3 is 0 Å². The molecule has 1 N–H and O–H groups in total. The minimum absolute atomic E-state index is 0.0796. The highest BCUT2D eigenvalue weighted by Crippen LogP contribution is 2.29. The number of aromatic nitrogens is 2. The third-order valence-electron chi connectivity index (χ3n) is 4.39. The van der Waals surface area contributed by atoms with Crippen molar-refractivity contribution in [1.82, 2.24) is 15.1 Å². The first-order chi connectivity index (χ1) is 13.7. The van der Waals surface area contributed by atoms with E-state index in [0.29, 0.717) is 23.0 Å². The molecule has 0 spiro atoms. The van der Waals surface area contributed by atoms with Gasteiger partial charge < -0.3 is 4.90 Å². The summed E-state index contributed by atoms with van der Waals surface area (Å²) in [7, 11) is 0. The second-order valence-corrected chi connectivity index (χ2v) is 9.42. The van der Waals surface area contributed by atoms with Gasteiger partial charge in [-0.25, -0.2) is 0 Å². The lowest BCUT2D eigenvalue weighted by Crippen LogP contribution is -2.42. The number of nitrogens with zero attached hydrogens (tertiary/aromatic N) is 3. The maximum absolute atomic E-state index is 12.7. The second-order valence-electron chi connectivity index (χ2n) is 6.27. The summed E-state index contributed by atoms with van der Waals surface area (Å²) in [5.74, 6) is 0.525. The number of hydrogen-bond acceptors (Lipinski definition) is 7. The van der Waals surface area contributed by atoms with Crippen LogP contribution >= 0.6 is 34.4 Å². The van der Waals surface area contributed by atoms with E-state index in [0.717, 1.165) is 16.5 Å². The molecule has 2 amide bonds. The molecule has 3 heterocycles. The van der Waals surface area contributed by atoms with Gasteiger partial charge in [0.05, 0.1) is 4.88 Å². The van der Waals surface area contributed by atoms with Gasteiger partial charge in [0, 0.05) is 12.3 Å². The van der Waals surface area contributed by atoms with Crippen molar-refractivity contribution in [3.63, 3.8) is 0 Å². The molecule has 0 unspecified atom stereocenters. The Morgan fingerprint density at radius 2 is 2.04 bits per heavy atom. The van der Waals surface area contributed by atoms with Crippen molar-refractivity contribution in [3.8, 4) is 0 Å². The highest BCUT2D eigenvalue weighted by Gasteiger charge is 2.35. The van der Waals surface area contributed by atoms with Gasteiger partial charge in [-0.1, -0.05) is 59.5 Å². The van der Waals surface area contributed by atoms with E-state index >= 15 is 0 Å². The van der Waals surface area contributed by atoms with Gasteiger partial charge in [-0.2, -0.15) is 0 Å². The Kier molecular flexibility index (Phi) is 6.04. The van der Waals surface area contributed by atoms with Crippen molar-refractivity contribution >= 4 is 51.4 Å². The molecule has 1 aliphatic rings. The SMILES string of the molecule is O=C(Nc1nnc(SCc2ccccc2)s1)[C@@H]1CCCN1C(=O)c1cccs1. The number of benzene rings is 1. The number of carbonyl (C=O) groups excluding carboxylic acids is 2. The number of thiophene rings is 1.